The van der Waals surface area contributed by atoms with E-state index in [1.54, 1.807) is 7.11 Å². The average Bonchev–Trinajstić information content (AvgIpc) is 2.40. The van der Waals surface area contributed by atoms with Crippen molar-refractivity contribution in [3.05, 3.63) is 30.1 Å². The van der Waals surface area contributed by atoms with Crippen LogP contribution >= 0.6 is 0 Å². The summed E-state index contributed by atoms with van der Waals surface area (Å²) in [5.41, 5.74) is 7.29. The second-order valence-electron chi connectivity index (χ2n) is 4.74. The Bertz CT molecular complexity index is 331. The van der Waals surface area contributed by atoms with Gasteiger partial charge < -0.3 is 10.5 Å². The number of pyridine rings is 1. The molecule has 1 heterocycles. The number of rotatable bonds is 7. The third kappa shape index (κ3) is 3.77. The van der Waals surface area contributed by atoms with Crippen molar-refractivity contribution in [2.24, 2.45) is 5.73 Å². The quantitative estimate of drug-likeness (QED) is 0.803. The van der Waals surface area contributed by atoms with Gasteiger partial charge in [-0.15, -0.1) is 0 Å². The van der Waals surface area contributed by atoms with Crippen molar-refractivity contribution in [3.63, 3.8) is 0 Å². The van der Waals surface area contributed by atoms with Gasteiger partial charge >= 0.3 is 0 Å². The fourth-order valence-corrected chi connectivity index (χ4v) is 2.14. The minimum Gasteiger partial charge on any atom is -0.383 e. The minimum atomic E-state index is 0.0733. The molecule has 0 fully saturated rings. The first-order chi connectivity index (χ1) is 8.61. The monoisotopic (exact) mass is 251 g/mol. The minimum absolute atomic E-state index is 0.0733. The highest BCUT2D eigenvalue weighted by molar-refractivity contribution is 5.11. The predicted octanol–water partition coefficient (Wildman–Crippen LogP) is 1.83. The summed E-state index contributed by atoms with van der Waals surface area (Å²) in [5.74, 6) is 0. The lowest BCUT2D eigenvalue weighted by molar-refractivity contribution is 0.0779. The Morgan fingerprint density at radius 1 is 1.44 bits per heavy atom. The van der Waals surface area contributed by atoms with Crippen LogP contribution in [-0.2, 0) is 4.74 Å². The van der Waals surface area contributed by atoms with Crippen LogP contribution in [0.2, 0.25) is 0 Å². The second kappa shape index (κ2) is 7.46. The van der Waals surface area contributed by atoms with Crippen molar-refractivity contribution in [2.45, 2.75) is 38.4 Å². The molecule has 4 nitrogen and oxygen atoms in total. The SMILES string of the molecule is CCC(N)C(c1ccccn1)N(C)C(C)COC. The summed E-state index contributed by atoms with van der Waals surface area (Å²) in [5, 5.41) is 0. The molecule has 0 aliphatic carbocycles. The van der Waals surface area contributed by atoms with Crippen LogP contribution in [-0.4, -0.2) is 42.7 Å². The van der Waals surface area contributed by atoms with Crippen molar-refractivity contribution in [2.75, 3.05) is 20.8 Å². The van der Waals surface area contributed by atoms with E-state index in [1.807, 2.05) is 24.4 Å². The molecular weight excluding hydrogens is 226 g/mol. The Kier molecular flexibility index (Phi) is 6.25. The van der Waals surface area contributed by atoms with E-state index in [4.69, 9.17) is 10.5 Å². The maximum absolute atomic E-state index is 6.26. The van der Waals surface area contributed by atoms with E-state index in [0.717, 1.165) is 12.1 Å². The zero-order chi connectivity index (χ0) is 13.5. The van der Waals surface area contributed by atoms with Crippen LogP contribution in [0.4, 0.5) is 0 Å². The van der Waals surface area contributed by atoms with Gasteiger partial charge in [-0.25, -0.2) is 0 Å². The predicted molar refractivity (Wildman–Crippen MR) is 74.3 cm³/mol. The Morgan fingerprint density at radius 3 is 2.67 bits per heavy atom. The molecule has 0 spiro atoms. The zero-order valence-corrected chi connectivity index (χ0v) is 11.8. The largest absolute Gasteiger partial charge is 0.383 e. The first kappa shape index (κ1) is 15.1. The molecule has 4 heteroatoms. The van der Waals surface area contributed by atoms with Gasteiger partial charge in [0.15, 0.2) is 0 Å². The van der Waals surface area contributed by atoms with Crippen molar-refractivity contribution in [1.29, 1.82) is 0 Å². The molecule has 0 amide bonds. The maximum Gasteiger partial charge on any atom is 0.0674 e. The third-order valence-electron chi connectivity index (χ3n) is 3.41. The normalized spacial score (nSPS) is 16.6. The zero-order valence-electron chi connectivity index (χ0n) is 11.8. The van der Waals surface area contributed by atoms with E-state index in [9.17, 15) is 0 Å². The second-order valence-corrected chi connectivity index (χ2v) is 4.74. The molecule has 1 rings (SSSR count). The number of nitrogens with zero attached hydrogens (tertiary/aromatic N) is 2. The molecule has 0 saturated heterocycles. The fraction of sp³-hybridized carbons (Fsp3) is 0.643. The number of methoxy groups -OCH3 is 1. The number of likely N-dealkylation sites (N-methyl/N-ethyl adjacent to an activating group) is 1. The first-order valence-corrected chi connectivity index (χ1v) is 6.49. The van der Waals surface area contributed by atoms with Crippen LogP contribution < -0.4 is 5.73 Å². The third-order valence-corrected chi connectivity index (χ3v) is 3.41. The molecule has 0 aliphatic rings. The Balaban J connectivity index is 2.92. The first-order valence-electron chi connectivity index (χ1n) is 6.49. The van der Waals surface area contributed by atoms with Crippen LogP contribution in [0.5, 0.6) is 0 Å². The molecule has 3 atom stereocenters. The lowest BCUT2D eigenvalue weighted by Crippen LogP contribution is -2.44. The highest BCUT2D eigenvalue weighted by Crippen LogP contribution is 2.23. The standard InChI is InChI=1S/C14H25N3O/c1-5-12(15)14(13-8-6-7-9-16-13)17(3)11(2)10-18-4/h6-9,11-12,14H,5,10,15H2,1-4H3. The summed E-state index contributed by atoms with van der Waals surface area (Å²) >= 11 is 0. The van der Waals surface area contributed by atoms with Crippen molar-refractivity contribution < 1.29 is 4.74 Å². The molecular formula is C14H25N3O. The van der Waals surface area contributed by atoms with Crippen molar-refractivity contribution in [3.8, 4) is 0 Å². The summed E-state index contributed by atoms with van der Waals surface area (Å²) in [6.45, 7) is 4.94. The van der Waals surface area contributed by atoms with Crippen LogP contribution in [0.15, 0.2) is 24.4 Å². The topological polar surface area (TPSA) is 51.4 Å². The molecule has 0 aliphatic heterocycles. The molecule has 1 aromatic heterocycles. The lowest BCUT2D eigenvalue weighted by atomic mass is 10.00. The van der Waals surface area contributed by atoms with Gasteiger partial charge in [-0.1, -0.05) is 13.0 Å². The van der Waals surface area contributed by atoms with E-state index in [1.165, 1.54) is 0 Å². The molecule has 18 heavy (non-hydrogen) atoms. The van der Waals surface area contributed by atoms with E-state index in [-0.39, 0.29) is 12.1 Å². The van der Waals surface area contributed by atoms with Gasteiger partial charge in [0.1, 0.15) is 0 Å². The number of hydrogen-bond donors (Lipinski definition) is 1. The molecule has 0 radical (unpaired) electrons. The molecule has 0 bridgehead atoms. The van der Waals surface area contributed by atoms with Gasteiger partial charge in [0.05, 0.1) is 18.3 Å². The maximum atomic E-state index is 6.26. The Labute approximate surface area is 110 Å². The van der Waals surface area contributed by atoms with E-state index < -0.39 is 0 Å². The van der Waals surface area contributed by atoms with Gasteiger partial charge in [0.25, 0.3) is 0 Å². The van der Waals surface area contributed by atoms with Gasteiger partial charge in [-0.3, -0.25) is 9.88 Å². The smallest absolute Gasteiger partial charge is 0.0674 e. The average molecular weight is 251 g/mol. The van der Waals surface area contributed by atoms with Gasteiger partial charge in [-0.05, 0) is 32.5 Å². The highest BCUT2D eigenvalue weighted by Gasteiger charge is 2.27. The van der Waals surface area contributed by atoms with Gasteiger partial charge in [-0.2, -0.15) is 0 Å². The summed E-state index contributed by atoms with van der Waals surface area (Å²) in [6, 6.07) is 6.48. The number of hydrogen-bond acceptors (Lipinski definition) is 4. The molecule has 0 aromatic carbocycles. The lowest BCUT2D eigenvalue weighted by Gasteiger charge is -2.35. The number of nitrogens with two attached hydrogens (primary N) is 1. The molecule has 3 unspecified atom stereocenters. The molecule has 2 N–H and O–H groups in total. The molecule has 1 aromatic rings. The van der Waals surface area contributed by atoms with Crippen LogP contribution in [0, 0.1) is 0 Å². The van der Waals surface area contributed by atoms with E-state index in [2.05, 4.69) is 30.8 Å². The molecule has 0 saturated carbocycles. The fourth-order valence-electron chi connectivity index (χ4n) is 2.14. The van der Waals surface area contributed by atoms with Crippen LogP contribution in [0.1, 0.15) is 32.0 Å². The van der Waals surface area contributed by atoms with E-state index >= 15 is 0 Å². The molecule has 102 valence electrons. The van der Waals surface area contributed by atoms with E-state index in [0.29, 0.717) is 12.6 Å². The number of aromatic nitrogens is 1. The van der Waals surface area contributed by atoms with Crippen LogP contribution in [0.3, 0.4) is 0 Å². The van der Waals surface area contributed by atoms with Crippen molar-refractivity contribution >= 4 is 0 Å². The summed E-state index contributed by atoms with van der Waals surface area (Å²) in [4.78, 5) is 6.70. The summed E-state index contributed by atoms with van der Waals surface area (Å²) < 4.78 is 5.22. The highest BCUT2D eigenvalue weighted by atomic mass is 16.5. The summed E-state index contributed by atoms with van der Waals surface area (Å²) in [6.07, 6.45) is 2.74. The van der Waals surface area contributed by atoms with Gasteiger partial charge in [0.2, 0.25) is 0 Å². The van der Waals surface area contributed by atoms with Crippen LogP contribution in [0.25, 0.3) is 0 Å². The summed E-state index contributed by atoms with van der Waals surface area (Å²) in [7, 11) is 3.80. The van der Waals surface area contributed by atoms with Gasteiger partial charge in [0, 0.05) is 25.4 Å². The Hall–Kier alpha value is -0.970. The number of ether oxygens (including phenoxy) is 1. The Morgan fingerprint density at radius 2 is 2.17 bits per heavy atom. The van der Waals surface area contributed by atoms with Crippen molar-refractivity contribution in [1.82, 2.24) is 9.88 Å².